The highest BCUT2D eigenvalue weighted by Crippen LogP contribution is 2.19. The number of hydrogen-bond acceptors (Lipinski definition) is 3. The van der Waals surface area contributed by atoms with Gasteiger partial charge in [0.2, 0.25) is 0 Å². The van der Waals surface area contributed by atoms with Crippen molar-refractivity contribution in [2.24, 2.45) is 0 Å². The summed E-state index contributed by atoms with van der Waals surface area (Å²) in [5.41, 5.74) is 2.38. The molecule has 0 atom stereocenters. The van der Waals surface area contributed by atoms with Crippen LogP contribution in [0.2, 0.25) is 0 Å². The Morgan fingerprint density at radius 1 is 0.958 bits per heavy atom. The molecule has 5 nitrogen and oxygen atoms in total. The molecule has 5 heteroatoms. The second-order valence-corrected chi connectivity index (χ2v) is 5.18. The first-order valence-electron chi connectivity index (χ1n) is 7.48. The summed E-state index contributed by atoms with van der Waals surface area (Å²) in [6.07, 6.45) is 0.938. The van der Waals surface area contributed by atoms with Gasteiger partial charge in [-0.05, 0) is 17.2 Å². The molecule has 1 amide bonds. The molecule has 0 saturated carbocycles. The van der Waals surface area contributed by atoms with Crippen LogP contribution >= 0.6 is 0 Å². The van der Waals surface area contributed by atoms with Crippen molar-refractivity contribution in [1.82, 2.24) is 4.98 Å². The highest BCUT2D eigenvalue weighted by molar-refractivity contribution is 5.85. The maximum absolute atomic E-state index is 11.9. The number of aromatic nitrogens is 1. The van der Waals surface area contributed by atoms with Gasteiger partial charge >= 0.3 is 6.09 Å². The van der Waals surface area contributed by atoms with E-state index < -0.39 is 6.09 Å². The first kappa shape index (κ1) is 15.6. The molecule has 2 N–H and O–H groups in total. The van der Waals surface area contributed by atoms with E-state index in [0.29, 0.717) is 0 Å². The van der Waals surface area contributed by atoms with E-state index in [1.165, 1.54) is 0 Å². The van der Waals surface area contributed by atoms with Crippen LogP contribution in [0.5, 0.6) is 0 Å². The van der Waals surface area contributed by atoms with E-state index >= 15 is 0 Å². The van der Waals surface area contributed by atoms with Crippen molar-refractivity contribution in [3.63, 3.8) is 0 Å². The average Bonchev–Trinajstić information content (AvgIpc) is 2.63. The monoisotopic (exact) mass is 320 g/mol. The number of H-pyrrole nitrogens is 1. The number of carbonyl (C=O) groups is 1. The van der Waals surface area contributed by atoms with Crippen molar-refractivity contribution in [2.45, 2.75) is 6.61 Å². The van der Waals surface area contributed by atoms with Crippen LogP contribution < -0.4 is 10.9 Å². The van der Waals surface area contributed by atoms with Crippen LogP contribution in [0.4, 0.5) is 10.5 Å². The van der Waals surface area contributed by atoms with E-state index in [1.807, 2.05) is 60.7 Å². The van der Waals surface area contributed by atoms with Crippen LogP contribution in [0, 0.1) is 0 Å². The Labute approximate surface area is 138 Å². The Bertz CT molecular complexity index is 874. The summed E-state index contributed by atoms with van der Waals surface area (Å²) in [6, 6.07) is 20.5. The number of amides is 1. The first-order chi connectivity index (χ1) is 11.7. The Morgan fingerprint density at radius 2 is 1.62 bits per heavy atom. The van der Waals surface area contributed by atoms with E-state index in [2.05, 4.69) is 10.3 Å². The second kappa shape index (κ2) is 7.28. The maximum Gasteiger partial charge on any atom is 0.412 e. The smallest absolute Gasteiger partial charge is 0.412 e. The van der Waals surface area contributed by atoms with Crippen molar-refractivity contribution in [3.8, 4) is 11.1 Å². The standard InChI is InChI=1S/C19H16N2O3/c22-18-17(11-16(12-20-18)15-9-5-2-6-10-15)21-19(23)24-13-14-7-3-1-4-8-14/h1-12H,13H2,(H,20,22)(H,21,23). The number of nitrogens with one attached hydrogen (secondary N) is 2. The van der Waals surface area contributed by atoms with Gasteiger partial charge in [0, 0.05) is 11.8 Å². The van der Waals surface area contributed by atoms with Crippen LogP contribution in [0.15, 0.2) is 77.7 Å². The second-order valence-electron chi connectivity index (χ2n) is 5.18. The molecule has 24 heavy (non-hydrogen) atoms. The lowest BCUT2D eigenvalue weighted by Crippen LogP contribution is -2.20. The Morgan fingerprint density at radius 3 is 2.33 bits per heavy atom. The minimum Gasteiger partial charge on any atom is -0.444 e. The molecule has 0 spiro atoms. The van der Waals surface area contributed by atoms with Crippen LogP contribution in [0.1, 0.15) is 5.56 Å². The predicted molar refractivity (Wildman–Crippen MR) is 92.7 cm³/mol. The zero-order valence-electron chi connectivity index (χ0n) is 12.9. The van der Waals surface area contributed by atoms with Crippen molar-refractivity contribution < 1.29 is 9.53 Å². The number of benzene rings is 2. The third-order valence-corrected chi connectivity index (χ3v) is 3.46. The summed E-state index contributed by atoms with van der Waals surface area (Å²) in [5, 5.41) is 2.49. The van der Waals surface area contributed by atoms with Gasteiger partial charge in [-0.2, -0.15) is 0 Å². The predicted octanol–water partition coefficient (Wildman–Crippen LogP) is 3.79. The molecule has 0 saturated heterocycles. The molecule has 0 aliphatic heterocycles. The number of carbonyl (C=O) groups excluding carboxylic acids is 1. The summed E-state index contributed by atoms with van der Waals surface area (Å²) in [4.78, 5) is 26.4. The van der Waals surface area contributed by atoms with Crippen molar-refractivity contribution in [1.29, 1.82) is 0 Å². The number of aromatic amines is 1. The number of anilines is 1. The zero-order valence-corrected chi connectivity index (χ0v) is 12.9. The van der Waals surface area contributed by atoms with Crippen LogP contribution in [-0.4, -0.2) is 11.1 Å². The van der Waals surface area contributed by atoms with Gasteiger partial charge in [0.05, 0.1) is 0 Å². The fraction of sp³-hybridized carbons (Fsp3) is 0.0526. The normalized spacial score (nSPS) is 10.2. The fourth-order valence-corrected chi connectivity index (χ4v) is 2.24. The topological polar surface area (TPSA) is 71.2 Å². The van der Waals surface area contributed by atoms with Gasteiger partial charge < -0.3 is 9.72 Å². The molecule has 0 aliphatic carbocycles. The number of ether oxygens (including phenoxy) is 1. The minimum absolute atomic E-state index is 0.142. The molecule has 3 aromatic rings. The Hall–Kier alpha value is -3.34. The molecule has 0 radical (unpaired) electrons. The molecule has 3 rings (SSSR count). The van der Waals surface area contributed by atoms with E-state index in [9.17, 15) is 9.59 Å². The average molecular weight is 320 g/mol. The number of pyridine rings is 1. The minimum atomic E-state index is -0.672. The van der Waals surface area contributed by atoms with Gasteiger partial charge in [-0.15, -0.1) is 0 Å². The molecule has 2 aromatic carbocycles. The highest BCUT2D eigenvalue weighted by Gasteiger charge is 2.09. The summed E-state index contributed by atoms with van der Waals surface area (Å²) in [7, 11) is 0. The first-order valence-corrected chi connectivity index (χ1v) is 7.48. The van der Waals surface area contributed by atoms with Gasteiger partial charge in [-0.1, -0.05) is 60.7 Å². The quantitative estimate of drug-likeness (QED) is 0.768. The van der Waals surface area contributed by atoms with E-state index in [0.717, 1.165) is 16.7 Å². The van der Waals surface area contributed by atoms with Gasteiger partial charge in [0.1, 0.15) is 12.3 Å². The summed E-state index contributed by atoms with van der Waals surface area (Å²) < 4.78 is 5.13. The fourth-order valence-electron chi connectivity index (χ4n) is 2.24. The lowest BCUT2D eigenvalue weighted by atomic mass is 10.1. The number of hydrogen-bond donors (Lipinski definition) is 2. The van der Waals surface area contributed by atoms with Crippen molar-refractivity contribution >= 4 is 11.8 Å². The molecule has 1 aromatic heterocycles. The lowest BCUT2D eigenvalue weighted by molar-refractivity contribution is 0.155. The van der Waals surface area contributed by atoms with Crippen molar-refractivity contribution in [3.05, 3.63) is 88.8 Å². The van der Waals surface area contributed by atoms with Crippen LogP contribution in [0.3, 0.4) is 0 Å². The van der Waals surface area contributed by atoms with Crippen LogP contribution in [-0.2, 0) is 11.3 Å². The third kappa shape index (κ3) is 3.89. The van der Waals surface area contributed by atoms with E-state index in [4.69, 9.17) is 4.74 Å². The van der Waals surface area contributed by atoms with Gasteiger partial charge in [0.25, 0.3) is 5.56 Å². The molecule has 120 valence electrons. The Balaban J connectivity index is 1.70. The molecule has 0 unspecified atom stereocenters. The van der Waals surface area contributed by atoms with Crippen molar-refractivity contribution in [2.75, 3.05) is 5.32 Å². The highest BCUT2D eigenvalue weighted by atomic mass is 16.5. The zero-order chi connectivity index (χ0) is 16.8. The van der Waals surface area contributed by atoms with Gasteiger partial charge in [-0.25, -0.2) is 4.79 Å². The lowest BCUT2D eigenvalue weighted by Gasteiger charge is -2.08. The third-order valence-electron chi connectivity index (χ3n) is 3.46. The molecule has 0 aliphatic rings. The Kier molecular flexibility index (Phi) is 4.72. The molecule has 0 fully saturated rings. The SMILES string of the molecule is O=C(Nc1cc(-c2ccccc2)c[nH]c1=O)OCc1ccccc1. The molecular weight excluding hydrogens is 304 g/mol. The van der Waals surface area contributed by atoms with Crippen LogP contribution in [0.25, 0.3) is 11.1 Å². The largest absolute Gasteiger partial charge is 0.444 e. The summed E-state index contributed by atoms with van der Waals surface area (Å²) in [6.45, 7) is 0.142. The number of rotatable bonds is 4. The molecular formula is C19H16N2O3. The molecule has 0 bridgehead atoms. The van der Waals surface area contributed by atoms with Gasteiger partial charge in [-0.3, -0.25) is 10.1 Å². The molecule has 1 heterocycles. The summed E-state index contributed by atoms with van der Waals surface area (Å²) in [5.74, 6) is 0. The van der Waals surface area contributed by atoms with E-state index in [1.54, 1.807) is 12.3 Å². The summed E-state index contributed by atoms with van der Waals surface area (Å²) >= 11 is 0. The van der Waals surface area contributed by atoms with E-state index in [-0.39, 0.29) is 17.9 Å². The maximum atomic E-state index is 11.9. The van der Waals surface area contributed by atoms with Gasteiger partial charge in [0.15, 0.2) is 0 Å².